The van der Waals surface area contributed by atoms with Gasteiger partial charge in [0, 0.05) is 25.7 Å². The van der Waals surface area contributed by atoms with E-state index in [-0.39, 0.29) is 18.1 Å². The van der Waals surface area contributed by atoms with Crippen LogP contribution in [0.4, 0.5) is 0 Å². The fourth-order valence-electron chi connectivity index (χ4n) is 2.03. The Morgan fingerprint density at radius 1 is 1.35 bits per heavy atom. The Labute approximate surface area is 103 Å². The van der Waals surface area contributed by atoms with Crippen LogP contribution in [0.3, 0.4) is 0 Å². The van der Waals surface area contributed by atoms with E-state index in [1.165, 1.54) is 5.56 Å². The maximum absolute atomic E-state index is 9.30. The predicted molar refractivity (Wildman–Crippen MR) is 67.8 cm³/mol. The second-order valence-corrected chi connectivity index (χ2v) is 4.96. The molecule has 3 nitrogen and oxygen atoms in total. The molecule has 0 aromatic heterocycles. The van der Waals surface area contributed by atoms with Crippen LogP contribution in [-0.4, -0.2) is 32.0 Å². The number of aliphatic hydroxyl groups excluding tert-OH is 1. The minimum atomic E-state index is 0.140. The number of hydrogen-bond donors (Lipinski definition) is 2. The van der Waals surface area contributed by atoms with E-state index < -0.39 is 0 Å². The summed E-state index contributed by atoms with van der Waals surface area (Å²) in [6.07, 6.45) is 2.26. The molecule has 1 saturated carbocycles. The van der Waals surface area contributed by atoms with Gasteiger partial charge < -0.3 is 15.2 Å². The predicted octanol–water partition coefficient (Wildman–Crippen LogP) is 1.74. The number of hydrogen-bond acceptors (Lipinski definition) is 3. The van der Waals surface area contributed by atoms with E-state index >= 15 is 0 Å². The Hall–Kier alpha value is -0.900. The molecule has 0 saturated heterocycles. The highest BCUT2D eigenvalue weighted by Crippen LogP contribution is 2.44. The lowest BCUT2D eigenvalue weighted by atomic mass is 10.0. The Balaban J connectivity index is 1.93. The lowest BCUT2D eigenvalue weighted by Gasteiger charge is -2.21. The van der Waals surface area contributed by atoms with Crippen LogP contribution in [-0.2, 0) is 4.74 Å². The van der Waals surface area contributed by atoms with Gasteiger partial charge >= 0.3 is 0 Å². The second kappa shape index (κ2) is 5.63. The molecule has 1 aromatic rings. The van der Waals surface area contributed by atoms with Crippen molar-refractivity contribution in [2.24, 2.45) is 5.41 Å². The molecule has 0 aliphatic heterocycles. The van der Waals surface area contributed by atoms with Crippen molar-refractivity contribution in [2.45, 2.75) is 18.9 Å². The summed E-state index contributed by atoms with van der Waals surface area (Å²) in [6.45, 7) is 1.81. The van der Waals surface area contributed by atoms with E-state index in [0.717, 1.165) is 19.4 Å². The van der Waals surface area contributed by atoms with Gasteiger partial charge in [-0.25, -0.2) is 0 Å². The van der Waals surface area contributed by atoms with E-state index in [1.54, 1.807) is 7.11 Å². The highest BCUT2D eigenvalue weighted by molar-refractivity contribution is 5.19. The number of nitrogens with one attached hydrogen (secondary N) is 1. The van der Waals surface area contributed by atoms with Crippen molar-refractivity contribution in [3.8, 4) is 0 Å². The van der Waals surface area contributed by atoms with E-state index in [1.807, 2.05) is 18.2 Å². The SMILES string of the molecule is COCC(NCC1(CO)CC1)c1ccccc1. The number of rotatable bonds is 7. The van der Waals surface area contributed by atoms with Gasteiger partial charge in [0.25, 0.3) is 0 Å². The lowest BCUT2D eigenvalue weighted by molar-refractivity contribution is 0.154. The minimum absolute atomic E-state index is 0.140. The van der Waals surface area contributed by atoms with Gasteiger partial charge in [0.05, 0.1) is 12.6 Å². The minimum Gasteiger partial charge on any atom is -0.396 e. The molecule has 2 N–H and O–H groups in total. The van der Waals surface area contributed by atoms with Gasteiger partial charge in [0.15, 0.2) is 0 Å². The maximum atomic E-state index is 9.30. The quantitative estimate of drug-likeness (QED) is 0.756. The van der Waals surface area contributed by atoms with Crippen molar-refractivity contribution >= 4 is 0 Å². The van der Waals surface area contributed by atoms with Gasteiger partial charge in [0.1, 0.15) is 0 Å². The largest absolute Gasteiger partial charge is 0.396 e. The molecule has 0 amide bonds. The first-order valence-corrected chi connectivity index (χ1v) is 6.18. The monoisotopic (exact) mass is 235 g/mol. The molecule has 1 aromatic carbocycles. The van der Waals surface area contributed by atoms with E-state index in [0.29, 0.717) is 6.61 Å². The van der Waals surface area contributed by atoms with Crippen molar-refractivity contribution < 1.29 is 9.84 Å². The van der Waals surface area contributed by atoms with Crippen molar-refractivity contribution in [3.63, 3.8) is 0 Å². The zero-order valence-corrected chi connectivity index (χ0v) is 10.4. The number of benzene rings is 1. The third kappa shape index (κ3) is 3.28. The number of ether oxygens (including phenoxy) is 1. The van der Waals surface area contributed by atoms with Gasteiger partial charge in [-0.3, -0.25) is 0 Å². The summed E-state index contributed by atoms with van der Waals surface area (Å²) in [6, 6.07) is 10.5. The van der Waals surface area contributed by atoms with Gasteiger partial charge in [-0.1, -0.05) is 30.3 Å². The first kappa shape index (κ1) is 12.6. The van der Waals surface area contributed by atoms with E-state index in [4.69, 9.17) is 4.74 Å². The number of methoxy groups -OCH3 is 1. The highest BCUT2D eigenvalue weighted by atomic mass is 16.5. The molecule has 1 atom stereocenters. The van der Waals surface area contributed by atoms with Crippen LogP contribution in [0.1, 0.15) is 24.4 Å². The molecule has 3 heteroatoms. The van der Waals surface area contributed by atoms with Gasteiger partial charge in [0.2, 0.25) is 0 Å². The maximum Gasteiger partial charge on any atom is 0.0657 e. The molecule has 1 aliphatic carbocycles. The fraction of sp³-hybridized carbons (Fsp3) is 0.571. The smallest absolute Gasteiger partial charge is 0.0657 e. The van der Waals surface area contributed by atoms with Crippen LogP contribution >= 0.6 is 0 Å². The summed E-state index contributed by atoms with van der Waals surface area (Å²) in [5, 5.41) is 12.8. The zero-order chi connectivity index (χ0) is 12.1. The van der Waals surface area contributed by atoms with E-state index in [2.05, 4.69) is 17.4 Å². The van der Waals surface area contributed by atoms with Crippen molar-refractivity contribution in [1.29, 1.82) is 0 Å². The first-order chi connectivity index (χ1) is 8.29. The van der Waals surface area contributed by atoms with Crippen LogP contribution in [0.25, 0.3) is 0 Å². The third-order valence-electron chi connectivity index (χ3n) is 3.55. The summed E-state index contributed by atoms with van der Waals surface area (Å²) < 4.78 is 5.25. The second-order valence-electron chi connectivity index (χ2n) is 4.96. The molecule has 0 bridgehead atoms. The van der Waals surface area contributed by atoms with Crippen LogP contribution < -0.4 is 5.32 Å². The molecular formula is C14H21NO2. The summed E-state index contributed by atoms with van der Waals surface area (Å²) in [7, 11) is 1.72. The molecule has 2 rings (SSSR count). The van der Waals surface area contributed by atoms with Crippen molar-refractivity contribution in [1.82, 2.24) is 5.32 Å². The lowest BCUT2D eigenvalue weighted by Crippen LogP contribution is -2.32. The third-order valence-corrected chi connectivity index (χ3v) is 3.55. The normalized spacial score (nSPS) is 18.9. The summed E-state index contributed by atoms with van der Waals surface area (Å²) in [5.41, 5.74) is 1.38. The zero-order valence-electron chi connectivity index (χ0n) is 10.4. The standard InChI is InChI=1S/C14H21NO2/c1-17-9-13(12-5-3-2-4-6-12)15-10-14(11-16)7-8-14/h2-6,13,15-16H,7-11H2,1H3. The Kier molecular flexibility index (Phi) is 4.15. The topological polar surface area (TPSA) is 41.5 Å². The van der Waals surface area contributed by atoms with E-state index in [9.17, 15) is 5.11 Å². The Morgan fingerprint density at radius 2 is 2.06 bits per heavy atom. The van der Waals surface area contributed by atoms with Crippen LogP contribution in [0.5, 0.6) is 0 Å². The van der Waals surface area contributed by atoms with Crippen LogP contribution in [0.15, 0.2) is 30.3 Å². The molecule has 94 valence electrons. The highest BCUT2D eigenvalue weighted by Gasteiger charge is 2.41. The van der Waals surface area contributed by atoms with Gasteiger partial charge in [-0.05, 0) is 18.4 Å². The van der Waals surface area contributed by atoms with Gasteiger partial charge in [-0.2, -0.15) is 0 Å². The van der Waals surface area contributed by atoms with Gasteiger partial charge in [-0.15, -0.1) is 0 Å². The molecule has 1 unspecified atom stereocenters. The first-order valence-electron chi connectivity index (χ1n) is 6.18. The Morgan fingerprint density at radius 3 is 2.59 bits per heavy atom. The number of aliphatic hydroxyl groups is 1. The summed E-state index contributed by atoms with van der Waals surface area (Å²) >= 11 is 0. The fourth-order valence-corrected chi connectivity index (χ4v) is 2.03. The van der Waals surface area contributed by atoms with Crippen molar-refractivity contribution in [3.05, 3.63) is 35.9 Å². The Bertz CT molecular complexity index is 335. The van der Waals surface area contributed by atoms with Crippen molar-refractivity contribution in [2.75, 3.05) is 26.9 Å². The summed E-state index contributed by atoms with van der Waals surface area (Å²) in [5.74, 6) is 0. The molecule has 0 heterocycles. The van der Waals surface area contributed by atoms with Crippen LogP contribution in [0, 0.1) is 5.41 Å². The summed E-state index contributed by atoms with van der Waals surface area (Å²) in [4.78, 5) is 0. The molecular weight excluding hydrogens is 214 g/mol. The molecule has 0 radical (unpaired) electrons. The average molecular weight is 235 g/mol. The molecule has 17 heavy (non-hydrogen) atoms. The molecule has 0 spiro atoms. The molecule has 1 aliphatic rings. The average Bonchev–Trinajstić information content (AvgIpc) is 3.16. The molecule has 1 fully saturated rings. The van der Waals surface area contributed by atoms with Crippen LogP contribution in [0.2, 0.25) is 0 Å².